The summed E-state index contributed by atoms with van der Waals surface area (Å²) in [6.07, 6.45) is -0.604. The van der Waals surface area contributed by atoms with E-state index < -0.39 is 28.4 Å². The molecule has 0 spiro atoms. The van der Waals surface area contributed by atoms with Gasteiger partial charge in [0, 0.05) is 18.0 Å². The van der Waals surface area contributed by atoms with E-state index >= 15 is 0 Å². The molecule has 182 valence electrons. The highest BCUT2D eigenvalue weighted by atomic mass is 16.5. The van der Waals surface area contributed by atoms with E-state index in [1.54, 1.807) is 41.5 Å². The molecule has 0 atom stereocenters. The summed E-state index contributed by atoms with van der Waals surface area (Å²) in [6.45, 7) is 10.1. The number of alkyl carbamates (subject to hydrolysis) is 1. The van der Waals surface area contributed by atoms with Crippen LogP contribution in [-0.4, -0.2) is 41.8 Å². The van der Waals surface area contributed by atoms with Gasteiger partial charge in [0.1, 0.15) is 6.61 Å². The Morgan fingerprint density at radius 2 is 1.38 bits per heavy atom. The van der Waals surface area contributed by atoms with Gasteiger partial charge >= 0.3 is 12.1 Å². The molecule has 0 fully saturated rings. The van der Waals surface area contributed by atoms with E-state index in [1.807, 2.05) is 24.3 Å². The molecule has 34 heavy (non-hydrogen) atoms. The zero-order valence-corrected chi connectivity index (χ0v) is 20.7. The Labute approximate surface area is 200 Å². The third kappa shape index (κ3) is 4.79. The maximum absolute atomic E-state index is 12.9. The Bertz CT molecular complexity index is 1060. The maximum Gasteiger partial charge on any atom is 0.407 e. The maximum atomic E-state index is 12.9. The molecule has 0 saturated carbocycles. The summed E-state index contributed by atoms with van der Waals surface area (Å²) in [7, 11) is 0. The minimum Gasteiger partial charge on any atom is -0.481 e. The second-order valence-electron chi connectivity index (χ2n) is 10.6. The zero-order chi connectivity index (χ0) is 25.3. The first-order chi connectivity index (χ1) is 15.8. The molecule has 3 rings (SSSR count). The fourth-order valence-corrected chi connectivity index (χ4v) is 3.90. The first-order valence-corrected chi connectivity index (χ1v) is 11.4. The van der Waals surface area contributed by atoms with Crippen LogP contribution >= 0.6 is 0 Å². The van der Waals surface area contributed by atoms with Crippen molar-refractivity contribution in [1.82, 2.24) is 10.6 Å². The van der Waals surface area contributed by atoms with Crippen LogP contribution in [0.4, 0.5) is 4.79 Å². The van der Waals surface area contributed by atoms with Crippen molar-refractivity contribution in [3.8, 4) is 11.1 Å². The molecular formula is C27H34N2O5. The lowest BCUT2D eigenvalue weighted by atomic mass is 9.74. The summed E-state index contributed by atoms with van der Waals surface area (Å²) in [4.78, 5) is 37.0. The van der Waals surface area contributed by atoms with E-state index in [1.165, 1.54) is 0 Å². The third-order valence-electron chi connectivity index (χ3n) is 7.16. The fourth-order valence-electron chi connectivity index (χ4n) is 3.90. The molecule has 0 aromatic heterocycles. The van der Waals surface area contributed by atoms with Crippen LogP contribution in [0.2, 0.25) is 0 Å². The zero-order valence-electron chi connectivity index (χ0n) is 20.7. The van der Waals surface area contributed by atoms with E-state index in [9.17, 15) is 19.5 Å². The number of nitrogens with one attached hydrogen (secondary N) is 2. The number of hydrogen-bond acceptors (Lipinski definition) is 4. The van der Waals surface area contributed by atoms with Gasteiger partial charge in [0.25, 0.3) is 0 Å². The molecule has 2 aromatic rings. The first kappa shape index (κ1) is 25.3. The standard InChI is InChI=1S/C27H34N2O5/c1-25(2,22(30)29-27(5,6)26(3,4)23(31)32)16-28-24(33)34-15-21-19-13-9-7-11-17(19)18-12-8-10-14-20(18)21/h7-14,21H,15-16H2,1-6H3,(H,28,33)(H,29,30)(H,31,32). The summed E-state index contributed by atoms with van der Waals surface area (Å²) < 4.78 is 5.54. The average Bonchev–Trinajstić information content (AvgIpc) is 3.09. The number of carbonyl (C=O) groups excluding carboxylic acids is 2. The molecule has 7 nitrogen and oxygen atoms in total. The lowest BCUT2D eigenvalue weighted by molar-refractivity contribution is -0.152. The molecule has 0 radical (unpaired) electrons. The topological polar surface area (TPSA) is 105 Å². The van der Waals surface area contributed by atoms with Crippen LogP contribution in [-0.2, 0) is 14.3 Å². The molecule has 2 amide bonds. The highest BCUT2D eigenvalue weighted by molar-refractivity contribution is 5.85. The lowest BCUT2D eigenvalue weighted by Crippen LogP contribution is -2.60. The highest BCUT2D eigenvalue weighted by Crippen LogP contribution is 2.44. The number of benzene rings is 2. The molecule has 0 bridgehead atoms. The SMILES string of the molecule is CC(C)(CNC(=O)OCC1c2ccccc2-c2ccccc21)C(=O)NC(C)(C)C(C)(C)C(=O)O. The molecule has 0 saturated heterocycles. The summed E-state index contributed by atoms with van der Waals surface area (Å²) >= 11 is 0. The molecule has 2 aromatic carbocycles. The van der Waals surface area contributed by atoms with Crippen molar-refractivity contribution in [1.29, 1.82) is 0 Å². The number of carboxylic acid groups (broad SMARTS) is 1. The van der Waals surface area contributed by atoms with Crippen LogP contribution in [0, 0.1) is 10.8 Å². The van der Waals surface area contributed by atoms with Gasteiger partial charge in [-0.25, -0.2) is 4.79 Å². The van der Waals surface area contributed by atoms with Crippen molar-refractivity contribution in [2.75, 3.05) is 13.2 Å². The van der Waals surface area contributed by atoms with E-state index in [-0.39, 0.29) is 25.0 Å². The fraction of sp³-hybridized carbons (Fsp3) is 0.444. The lowest BCUT2D eigenvalue weighted by Gasteiger charge is -2.40. The van der Waals surface area contributed by atoms with Crippen molar-refractivity contribution in [3.05, 3.63) is 59.7 Å². The molecule has 0 unspecified atom stereocenters. The number of hydrogen-bond donors (Lipinski definition) is 3. The smallest absolute Gasteiger partial charge is 0.407 e. The summed E-state index contributed by atoms with van der Waals surface area (Å²) in [6, 6.07) is 16.2. The van der Waals surface area contributed by atoms with Gasteiger partial charge in [0.15, 0.2) is 0 Å². The van der Waals surface area contributed by atoms with Gasteiger partial charge in [-0.3, -0.25) is 9.59 Å². The van der Waals surface area contributed by atoms with Gasteiger partial charge in [-0.2, -0.15) is 0 Å². The Hall–Kier alpha value is -3.35. The van der Waals surface area contributed by atoms with Crippen LogP contribution in [0.3, 0.4) is 0 Å². The van der Waals surface area contributed by atoms with E-state index in [0.29, 0.717) is 0 Å². The number of rotatable bonds is 8. The number of aliphatic carboxylic acids is 1. The summed E-state index contributed by atoms with van der Waals surface area (Å²) in [5, 5.41) is 15.0. The Kier molecular flexibility index (Phi) is 6.78. The number of ether oxygens (including phenoxy) is 1. The van der Waals surface area contributed by atoms with Crippen molar-refractivity contribution >= 4 is 18.0 Å². The van der Waals surface area contributed by atoms with E-state index in [4.69, 9.17) is 4.74 Å². The van der Waals surface area contributed by atoms with Gasteiger partial charge < -0.3 is 20.5 Å². The van der Waals surface area contributed by atoms with Crippen molar-refractivity contribution in [3.63, 3.8) is 0 Å². The molecule has 0 aliphatic heterocycles. The van der Waals surface area contributed by atoms with Gasteiger partial charge in [-0.05, 0) is 63.8 Å². The monoisotopic (exact) mass is 466 g/mol. The number of amides is 2. The first-order valence-electron chi connectivity index (χ1n) is 11.4. The highest BCUT2D eigenvalue weighted by Gasteiger charge is 2.46. The second kappa shape index (κ2) is 9.12. The molecule has 0 heterocycles. The van der Waals surface area contributed by atoms with Crippen LogP contribution in [0.5, 0.6) is 0 Å². The molecule has 7 heteroatoms. The Morgan fingerprint density at radius 1 is 0.882 bits per heavy atom. The van der Waals surface area contributed by atoms with Crippen LogP contribution in [0.1, 0.15) is 58.6 Å². The minimum atomic E-state index is -1.18. The van der Waals surface area contributed by atoms with E-state index in [2.05, 4.69) is 34.9 Å². The summed E-state index contributed by atoms with van der Waals surface area (Å²) in [5.41, 5.74) is 1.39. The molecular weight excluding hydrogens is 432 g/mol. The van der Waals surface area contributed by atoms with Crippen molar-refractivity contribution < 1.29 is 24.2 Å². The number of fused-ring (bicyclic) bond motifs is 3. The minimum absolute atomic E-state index is 0.0408. The molecule has 1 aliphatic rings. The van der Waals surface area contributed by atoms with Gasteiger partial charge in [-0.15, -0.1) is 0 Å². The van der Waals surface area contributed by atoms with Crippen molar-refractivity contribution in [2.24, 2.45) is 10.8 Å². The molecule has 1 aliphatic carbocycles. The normalized spacial score (nSPS) is 13.6. The van der Waals surface area contributed by atoms with Crippen LogP contribution < -0.4 is 10.6 Å². The quantitative estimate of drug-likeness (QED) is 0.529. The van der Waals surface area contributed by atoms with Gasteiger partial charge in [0.05, 0.1) is 10.8 Å². The summed E-state index contributed by atoms with van der Waals surface area (Å²) in [5.74, 6) is -1.41. The second-order valence-corrected chi connectivity index (χ2v) is 10.6. The van der Waals surface area contributed by atoms with Crippen LogP contribution in [0.15, 0.2) is 48.5 Å². The van der Waals surface area contributed by atoms with Gasteiger partial charge in [0.2, 0.25) is 5.91 Å². The molecule has 3 N–H and O–H groups in total. The predicted molar refractivity (Wildman–Crippen MR) is 130 cm³/mol. The number of carboxylic acids is 1. The average molecular weight is 467 g/mol. The largest absolute Gasteiger partial charge is 0.481 e. The Balaban J connectivity index is 1.59. The van der Waals surface area contributed by atoms with E-state index in [0.717, 1.165) is 22.3 Å². The Morgan fingerprint density at radius 3 is 1.88 bits per heavy atom. The third-order valence-corrected chi connectivity index (χ3v) is 7.16. The van der Waals surface area contributed by atoms with Crippen molar-refractivity contribution in [2.45, 2.75) is 53.0 Å². The van der Waals surface area contributed by atoms with Gasteiger partial charge in [-0.1, -0.05) is 48.5 Å². The van der Waals surface area contributed by atoms with Crippen LogP contribution in [0.25, 0.3) is 11.1 Å². The number of carbonyl (C=O) groups is 3. The predicted octanol–water partition coefficient (Wildman–Crippen LogP) is 4.56.